The normalized spacial score (nSPS) is 10.4. The van der Waals surface area contributed by atoms with Crippen LogP contribution in [0.15, 0.2) is 36.7 Å². The highest BCUT2D eigenvalue weighted by Crippen LogP contribution is 2.25. The zero-order valence-electron chi connectivity index (χ0n) is 13.0. The molecule has 0 saturated carbocycles. The first-order valence-electron chi connectivity index (χ1n) is 7.22. The minimum atomic E-state index is -0.184. The second kappa shape index (κ2) is 7.40. The average molecular weight is 300 g/mol. The Morgan fingerprint density at radius 1 is 1.23 bits per heavy atom. The van der Waals surface area contributed by atoms with E-state index in [2.05, 4.69) is 20.6 Å². The molecule has 2 aromatic rings. The van der Waals surface area contributed by atoms with Crippen molar-refractivity contribution in [3.8, 4) is 5.75 Å². The van der Waals surface area contributed by atoms with Crippen LogP contribution in [0.3, 0.4) is 0 Å². The smallest absolute Gasteiger partial charge is 0.254 e. The molecule has 22 heavy (non-hydrogen) atoms. The fraction of sp³-hybridized carbons (Fsp3) is 0.312. The number of amides is 1. The van der Waals surface area contributed by atoms with E-state index in [0.717, 1.165) is 11.4 Å². The summed E-state index contributed by atoms with van der Waals surface area (Å²) in [4.78, 5) is 20.2. The summed E-state index contributed by atoms with van der Waals surface area (Å²) >= 11 is 0. The fourth-order valence-electron chi connectivity index (χ4n) is 1.83. The molecule has 0 atom stereocenters. The molecule has 0 spiro atoms. The second-order valence-electron chi connectivity index (χ2n) is 4.98. The molecule has 1 aromatic carbocycles. The van der Waals surface area contributed by atoms with Gasteiger partial charge >= 0.3 is 0 Å². The van der Waals surface area contributed by atoms with Crippen molar-refractivity contribution in [2.75, 3.05) is 11.9 Å². The maximum Gasteiger partial charge on any atom is 0.254 e. The SMILES string of the molecule is CCOc1ccccc1Nc1ncc(C(=O)NC(C)C)cn1. The molecule has 0 unspecified atom stereocenters. The summed E-state index contributed by atoms with van der Waals surface area (Å²) in [5.41, 5.74) is 1.21. The molecule has 0 aliphatic rings. The van der Waals surface area contributed by atoms with Gasteiger partial charge in [-0.05, 0) is 32.9 Å². The molecule has 2 rings (SSSR count). The van der Waals surface area contributed by atoms with Crippen LogP contribution >= 0.6 is 0 Å². The van der Waals surface area contributed by atoms with Gasteiger partial charge in [0.05, 0.1) is 17.9 Å². The number of anilines is 2. The predicted molar refractivity (Wildman–Crippen MR) is 85.5 cm³/mol. The largest absolute Gasteiger partial charge is 0.492 e. The number of rotatable bonds is 6. The van der Waals surface area contributed by atoms with Crippen LogP contribution in [0.4, 0.5) is 11.6 Å². The molecule has 0 aliphatic heterocycles. The maximum atomic E-state index is 11.8. The van der Waals surface area contributed by atoms with Crippen molar-refractivity contribution in [2.45, 2.75) is 26.8 Å². The molecule has 6 heteroatoms. The molecule has 1 amide bonds. The van der Waals surface area contributed by atoms with Crippen LogP contribution in [0, 0.1) is 0 Å². The highest BCUT2D eigenvalue weighted by atomic mass is 16.5. The van der Waals surface area contributed by atoms with E-state index in [1.54, 1.807) is 0 Å². The van der Waals surface area contributed by atoms with Crippen LogP contribution in [0.1, 0.15) is 31.1 Å². The molecule has 0 bridgehead atoms. The lowest BCUT2D eigenvalue weighted by Gasteiger charge is -2.11. The van der Waals surface area contributed by atoms with Gasteiger partial charge in [-0.25, -0.2) is 9.97 Å². The highest BCUT2D eigenvalue weighted by molar-refractivity contribution is 5.93. The zero-order chi connectivity index (χ0) is 15.9. The summed E-state index contributed by atoms with van der Waals surface area (Å²) in [6.45, 7) is 6.31. The summed E-state index contributed by atoms with van der Waals surface area (Å²) < 4.78 is 5.53. The van der Waals surface area contributed by atoms with E-state index >= 15 is 0 Å². The molecule has 0 radical (unpaired) electrons. The Bertz CT molecular complexity index is 626. The first kappa shape index (κ1) is 15.8. The highest BCUT2D eigenvalue weighted by Gasteiger charge is 2.09. The van der Waals surface area contributed by atoms with Crippen molar-refractivity contribution in [1.29, 1.82) is 0 Å². The fourth-order valence-corrected chi connectivity index (χ4v) is 1.83. The van der Waals surface area contributed by atoms with E-state index < -0.39 is 0 Å². The summed E-state index contributed by atoms with van der Waals surface area (Å²) in [6, 6.07) is 7.62. The number of nitrogens with one attached hydrogen (secondary N) is 2. The van der Waals surface area contributed by atoms with Crippen molar-refractivity contribution in [3.63, 3.8) is 0 Å². The molecular weight excluding hydrogens is 280 g/mol. The number of aromatic nitrogens is 2. The average Bonchev–Trinajstić information content (AvgIpc) is 2.49. The lowest BCUT2D eigenvalue weighted by atomic mass is 10.3. The molecule has 0 aliphatic carbocycles. The molecule has 2 N–H and O–H groups in total. The molecule has 0 fully saturated rings. The second-order valence-corrected chi connectivity index (χ2v) is 4.98. The van der Waals surface area contributed by atoms with E-state index in [1.807, 2.05) is 45.0 Å². The standard InChI is InChI=1S/C16H20N4O2/c1-4-22-14-8-6-5-7-13(14)20-16-17-9-12(10-18-16)15(21)19-11(2)3/h5-11H,4H2,1-3H3,(H,19,21)(H,17,18,20). The minimum Gasteiger partial charge on any atom is -0.492 e. The van der Waals surface area contributed by atoms with Crippen LogP contribution in [0.5, 0.6) is 5.75 Å². The van der Waals surface area contributed by atoms with Crippen LogP contribution < -0.4 is 15.4 Å². The third kappa shape index (κ3) is 4.18. The Labute approximate surface area is 129 Å². The molecule has 116 valence electrons. The van der Waals surface area contributed by atoms with Gasteiger partial charge in [0, 0.05) is 18.4 Å². The van der Waals surface area contributed by atoms with E-state index in [-0.39, 0.29) is 11.9 Å². The van der Waals surface area contributed by atoms with Gasteiger partial charge in [0.2, 0.25) is 5.95 Å². The van der Waals surface area contributed by atoms with E-state index in [4.69, 9.17) is 4.74 Å². The summed E-state index contributed by atoms with van der Waals surface area (Å²) in [5, 5.41) is 5.88. The van der Waals surface area contributed by atoms with Gasteiger partial charge in [-0.2, -0.15) is 0 Å². The van der Waals surface area contributed by atoms with Gasteiger partial charge in [-0.15, -0.1) is 0 Å². The first-order chi connectivity index (χ1) is 10.6. The van der Waals surface area contributed by atoms with E-state index in [1.165, 1.54) is 12.4 Å². The Hall–Kier alpha value is -2.63. The molecular formula is C16H20N4O2. The van der Waals surface area contributed by atoms with Gasteiger partial charge in [0.15, 0.2) is 0 Å². The van der Waals surface area contributed by atoms with Crippen LogP contribution in [0.2, 0.25) is 0 Å². The minimum absolute atomic E-state index is 0.0726. The van der Waals surface area contributed by atoms with Crippen LogP contribution in [-0.2, 0) is 0 Å². The monoisotopic (exact) mass is 300 g/mol. The number of nitrogens with zero attached hydrogens (tertiary/aromatic N) is 2. The lowest BCUT2D eigenvalue weighted by molar-refractivity contribution is 0.0942. The predicted octanol–water partition coefficient (Wildman–Crippen LogP) is 2.76. The molecule has 0 saturated heterocycles. The van der Waals surface area contributed by atoms with Gasteiger partial charge < -0.3 is 15.4 Å². The third-order valence-electron chi connectivity index (χ3n) is 2.77. The quantitative estimate of drug-likeness (QED) is 0.858. The number of ether oxygens (including phenoxy) is 1. The maximum absolute atomic E-state index is 11.8. The van der Waals surface area contributed by atoms with Crippen molar-refractivity contribution in [3.05, 3.63) is 42.2 Å². The third-order valence-corrected chi connectivity index (χ3v) is 2.77. The zero-order valence-corrected chi connectivity index (χ0v) is 13.0. The Morgan fingerprint density at radius 3 is 2.55 bits per heavy atom. The van der Waals surface area contributed by atoms with Crippen molar-refractivity contribution in [2.24, 2.45) is 0 Å². The summed E-state index contributed by atoms with van der Waals surface area (Å²) in [7, 11) is 0. The molecule has 1 heterocycles. The summed E-state index contributed by atoms with van der Waals surface area (Å²) in [6.07, 6.45) is 2.99. The van der Waals surface area contributed by atoms with Crippen LogP contribution in [0.25, 0.3) is 0 Å². The number of hydrogen-bond donors (Lipinski definition) is 2. The van der Waals surface area contributed by atoms with E-state index in [0.29, 0.717) is 18.1 Å². The van der Waals surface area contributed by atoms with Crippen molar-refractivity contribution in [1.82, 2.24) is 15.3 Å². The number of benzene rings is 1. The van der Waals surface area contributed by atoms with Gasteiger partial charge in [-0.3, -0.25) is 4.79 Å². The van der Waals surface area contributed by atoms with Gasteiger partial charge in [0.1, 0.15) is 5.75 Å². The molecule has 6 nitrogen and oxygen atoms in total. The van der Waals surface area contributed by atoms with Crippen LogP contribution in [-0.4, -0.2) is 28.5 Å². The Morgan fingerprint density at radius 2 is 1.91 bits per heavy atom. The Balaban J connectivity index is 2.10. The number of carbonyl (C=O) groups excluding carboxylic acids is 1. The number of carbonyl (C=O) groups is 1. The molecule has 1 aromatic heterocycles. The number of para-hydroxylation sites is 2. The number of hydrogen-bond acceptors (Lipinski definition) is 5. The van der Waals surface area contributed by atoms with E-state index in [9.17, 15) is 4.79 Å². The van der Waals surface area contributed by atoms with Crippen molar-refractivity contribution >= 4 is 17.5 Å². The Kier molecular flexibility index (Phi) is 5.30. The van der Waals surface area contributed by atoms with Gasteiger partial charge in [0.25, 0.3) is 5.91 Å². The van der Waals surface area contributed by atoms with Gasteiger partial charge in [-0.1, -0.05) is 12.1 Å². The first-order valence-corrected chi connectivity index (χ1v) is 7.22. The lowest BCUT2D eigenvalue weighted by Crippen LogP contribution is -2.30. The summed E-state index contributed by atoms with van der Waals surface area (Å²) in [5.74, 6) is 0.958. The topological polar surface area (TPSA) is 76.1 Å². The van der Waals surface area contributed by atoms with Crippen molar-refractivity contribution < 1.29 is 9.53 Å².